The van der Waals surface area contributed by atoms with Crippen molar-refractivity contribution < 1.29 is 27.8 Å². The highest BCUT2D eigenvalue weighted by atomic mass is 79.9. The summed E-state index contributed by atoms with van der Waals surface area (Å²) in [6.45, 7) is 13.8. The number of aromatic nitrogens is 2. The lowest BCUT2D eigenvalue weighted by atomic mass is 10.1. The molecule has 44 heavy (non-hydrogen) atoms. The van der Waals surface area contributed by atoms with Gasteiger partial charge in [-0.25, -0.2) is 18.6 Å². The fourth-order valence-electron chi connectivity index (χ4n) is 6.56. The monoisotopic (exact) mass is 683 g/mol. The summed E-state index contributed by atoms with van der Waals surface area (Å²) < 4.78 is 46.6. The number of hydrogen-bond donors (Lipinski definition) is 0. The first kappa shape index (κ1) is 34.6. The molecule has 5 atom stereocenters. The van der Waals surface area contributed by atoms with E-state index in [0.717, 1.165) is 51.3 Å². The molecule has 246 valence electrons. The lowest BCUT2D eigenvalue weighted by molar-refractivity contribution is 0.0122. The van der Waals surface area contributed by atoms with Gasteiger partial charge < -0.3 is 19.1 Å². The highest BCUT2D eigenvalue weighted by molar-refractivity contribution is 9.10. The molecule has 0 N–H and O–H groups in total. The Bertz CT molecular complexity index is 1220. The van der Waals surface area contributed by atoms with Gasteiger partial charge in [0.15, 0.2) is 5.82 Å². The molecule has 0 spiro atoms. The van der Waals surface area contributed by atoms with E-state index >= 15 is 0 Å². The quantitative estimate of drug-likeness (QED) is 0.270. The summed E-state index contributed by atoms with van der Waals surface area (Å²) in [6.07, 6.45) is 6.50. The lowest BCUT2D eigenvalue weighted by Crippen LogP contribution is -2.57. The van der Waals surface area contributed by atoms with Crippen molar-refractivity contribution in [2.45, 2.75) is 116 Å². The number of likely N-dealkylation sites (tertiary alicyclic amines) is 1. The van der Waals surface area contributed by atoms with Gasteiger partial charge in [-0.15, -0.1) is 0 Å². The highest BCUT2D eigenvalue weighted by Gasteiger charge is 2.45. The molecule has 4 heterocycles. The predicted octanol–water partition coefficient (Wildman–Crippen LogP) is 6.59. The van der Waals surface area contributed by atoms with Crippen LogP contribution in [0.4, 0.5) is 19.4 Å². The predicted molar refractivity (Wildman–Crippen MR) is 169 cm³/mol. The Morgan fingerprint density at radius 3 is 2.45 bits per heavy atom. The number of anilines is 1. The number of fused-ring (bicyclic) bond motifs is 2. The van der Waals surface area contributed by atoms with Crippen molar-refractivity contribution in [1.29, 1.82) is 0 Å². The molecule has 3 aliphatic rings. The first-order valence-corrected chi connectivity index (χ1v) is 16.5. The average Bonchev–Trinajstić information content (AvgIpc) is 3.44. The number of aryl methyl sites for hydroxylation is 1. The van der Waals surface area contributed by atoms with Crippen LogP contribution in [0.5, 0.6) is 6.01 Å². The summed E-state index contributed by atoms with van der Waals surface area (Å²) in [5, 5.41) is 0. The van der Waals surface area contributed by atoms with E-state index in [1.165, 1.54) is 6.07 Å². The maximum Gasteiger partial charge on any atom is 0.410 e. The zero-order chi connectivity index (χ0) is 32.2. The SMILES string of the molecule is COC(C)CC1CCC(C)N1CCCOc1ncc(F)c(Br)c(F)cc(C)c(N2CC3CCC(C2)N3C(=O)OC(C)(C)C)n1. The number of hydrogen-bond acceptors (Lipinski definition) is 8. The Morgan fingerprint density at radius 1 is 1.14 bits per heavy atom. The molecule has 2 bridgehead atoms. The molecule has 0 radical (unpaired) electrons. The van der Waals surface area contributed by atoms with Crippen LogP contribution in [0, 0.1) is 18.6 Å². The molecule has 1 aromatic heterocycles. The highest BCUT2D eigenvalue weighted by Crippen LogP contribution is 2.35. The number of methoxy groups -OCH3 is 1. The molecule has 3 fully saturated rings. The molecule has 9 nitrogen and oxygen atoms in total. The number of halogens is 3. The summed E-state index contributed by atoms with van der Waals surface area (Å²) in [5.74, 6) is -1.15. The maximum absolute atomic E-state index is 15.0. The third kappa shape index (κ3) is 8.69. The normalized spacial score (nSPS) is 24.3. The topological polar surface area (TPSA) is 80.3 Å². The van der Waals surface area contributed by atoms with Crippen LogP contribution in [0.15, 0.2) is 16.7 Å². The van der Waals surface area contributed by atoms with Crippen molar-refractivity contribution in [3.8, 4) is 6.01 Å². The Kier molecular flexibility index (Phi) is 11.7. The van der Waals surface area contributed by atoms with Crippen molar-refractivity contribution in [2.75, 3.05) is 38.3 Å². The number of nitrogens with zero attached hydrogens (tertiary/aromatic N) is 5. The van der Waals surface area contributed by atoms with E-state index in [1.807, 2.05) is 30.6 Å². The summed E-state index contributed by atoms with van der Waals surface area (Å²) in [6, 6.07) is 2.07. The van der Waals surface area contributed by atoms with Crippen LogP contribution in [0.25, 0.3) is 0 Å². The molecular weight excluding hydrogens is 636 g/mol. The number of carbonyl (C=O) groups is 1. The summed E-state index contributed by atoms with van der Waals surface area (Å²) >= 11 is 3.02. The first-order chi connectivity index (χ1) is 20.8. The largest absolute Gasteiger partial charge is 0.463 e. The molecule has 5 unspecified atom stereocenters. The van der Waals surface area contributed by atoms with Gasteiger partial charge in [-0.1, -0.05) is 0 Å². The number of amides is 1. The van der Waals surface area contributed by atoms with Gasteiger partial charge in [0.25, 0.3) is 0 Å². The fraction of sp³-hybridized carbons (Fsp3) is 0.719. The molecule has 0 aromatic carbocycles. The Labute approximate surface area is 269 Å². The number of carbonyl (C=O) groups excluding carboxylic acids is 1. The van der Waals surface area contributed by atoms with Gasteiger partial charge in [-0.05, 0) is 108 Å². The summed E-state index contributed by atoms with van der Waals surface area (Å²) in [7, 11) is 1.75. The lowest BCUT2D eigenvalue weighted by Gasteiger charge is -2.42. The third-order valence-electron chi connectivity index (χ3n) is 8.74. The van der Waals surface area contributed by atoms with E-state index in [9.17, 15) is 13.6 Å². The minimum atomic E-state index is -0.865. The molecule has 3 aliphatic heterocycles. The maximum atomic E-state index is 15.0. The second-order valence-electron chi connectivity index (χ2n) is 13.3. The van der Waals surface area contributed by atoms with E-state index in [-0.39, 0.29) is 34.8 Å². The van der Waals surface area contributed by atoms with Crippen LogP contribution in [-0.2, 0) is 9.47 Å². The van der Waals surface area contributed by atoms with Crippen molar-refractivity contribution in [2.24, 2.45) is 0 Å². The van der Waals surface area contributed by atoms with Crippen molar-refractivity contribution in [3.05, 3.63) is 33.9 Å². The van der Waals surface area contributed by atoms with E-state index in [2.05, 4.69) is 39.7 Å². The number of piperazine rings is 1. The number of ether oxygens (including phenoxy) is 3. The van der Waals surface area contributed by atoms with Gasteiger partial charge in [-0.2, -0.15) is 4.98 Å². The Hall–Kier alpha value is -2.31. The second kappa shape index (κ2) is 14.9. The number of rotatable bonds is 9. The molecule has 4 rings (SSSR count). The van der Waals surface area contributed by atoms with Gasteiger partial charge in [0.2, 0.25) is 0 Å². The van der Waals surface area contributed by atoms with Gasteiger partial charge in [0.05, 0.1) is 35.5 Å². The molecule has 3 saturated heterocycles. The van der Waals surface area contributed by atoms with Gasteiger partial charge in [0.1, 0.15) is 17.2 Å². The van der Waals surface area contributed by atoms with Gasteiger partial charge in [-0.3, -0.25) is 9.80 Å². The van der Waals surface area contributed by atoms with Gasteiger partial charge in [0, 0.05) is 38.8 Å². The zero-order valence-electron chi connectivity index (χ0n) is 27.1. The third-order valence-corrected chi connectivity index (χ3v) is 9.50. The van der Waals surface area contributed by atoms with Crippen molar-refractivity contribution in [1.82, 2.24) is 19.8 Å². The molecule has 0 aliphatic carbocycles. The van der Waals surface area contributed by atoms with E-state index in [4.69, 9.17) is 19.2 Å². The molecule has 1 amide bonds. The van der Waals surface area contributed by atoms with Crippen LogP contribution in [0.2, 0.25) is 0 Å². The van der Waals surface area contributed by atoms with Crippen molar-refractivity contribution >= 4 is 27.8 Å². The van der Waals surface area contributed by atoms with Crippen LogP contribution in [0.1, 0.15) is 78.7 Å². The van der Waals surface area contributed by atoms with Crippen LogP contribution in [-0.4, -0.2) is 95.1 Å². The van der Waals surface area contributed by atoms with Gasteiger partial charge >= 0.3 is 12.1 Å². The van der Waals surface area contributed by atoms with Crippen molar-refractivity contribution in [3.63, 3.8) is 0 Å². The first-order valence-electron chi connectivity index (χ1n) is 15.7. The summed E-state index contributed by atoms with van der Waals surface area (Å²) in [4.78, 5) is 28.3. The van der Waals surface area contributed by atoms with E-state index in [1.54, 1.807) is 14.0 Å². The molecule has 1 aromatic rings. The minimum absolute atomic E-state index is 0.00597. The molecular formula is C32H48BrF2N5O4. The minimum Gasteiger partial charge on any atom is -0.463 e. The van der Waals surface area contributed by atoms with Crippen LogP contribution in [0.3, 0.4) is 0 Å². The van der Waals surface area contributed by atoms with E-state index in [0.29, 0.717) is 43.2 Å². The molecule has 12 heteroatoms. The van der Waals surface area contributed by atoms with E-state index < -0.39 is 17.2 Å². The van der Waals surface area contributed by atoms with Crippen LogP contribution < -0.4 is 9.64 Å². The standard InChI is InChI=1S/C32H48BrF2N5O4/c1-20-15-26(34)28(33)27(35)17-36-30(43-14-8-13-39-21(2)9-10-23(39)16-22(3)42-7)37-29(20)38-18-24-11-12-25(19-38)40(24)31(41)44-32(4,5)6/h15,17,21-25H,8-14,16,18-19H2,1-7H3. The smallest absolute Gasteiger partial charge is 0.410 e. The Balaban J connectivity index is 1.54. The zero-order valence-corrected chi connectivity index (χ0v) is 28.7. The second-order valence-corrected chi connectivity index (χ2v) is 14.1. The Morgan fingerprint density at radius 2 is 1.82 bits per heavy atom. The van der Waals surface area contributed by atoms with Crippen LogP contribution >= 0.6 is 15.9 Å². The summed E-state index contributed by atoms with van der Waals surface area (Å²) in [5.41, 5.74) is -0.0943. The fourth-order valence-corrected chi connectivity index (χ4v) is 6.77. The molecule has 0 saturated carbocycles. The average molecular weight is 685 g/mol.